The smallest absolute Gasteiger partial charge is 0.244 e. The van der Waals surface area contributed by atoms with Crippen LogP contribution in [0, 0.1) is 11.8 Å². The van der Waals surface area contributed by atoms with E-state index in [1.54, 1.807) is 25.3 Å². The summed E-state index contributed by atoms with van der Waals surface area (Å²) in [7, 11) is 3.09. The number of amides is 2. The number of rotatable bonds is 11. The second kappa shape index (κ2) is 12.7. The average Bonchev–Trinajstić information content (AvgIpc) is 2.70. The Kier molecular flexibility index (Phi) is 10.7. The Morgan fingerprint density at radius 1 is 1.13 bits per heavy atom. The minimum Gasteiger partial charge on any atom is -0.493 e. The monoisotopic (exact) mass is 420 g/mol. The summed E-state index contributed by atoms with van der Waals surface area (Å²) in [5, 5.41) is 5.47. The molecule has 0 aliphatic heterocycles. The quantitative estimate of drug-likeness (QED) is 0.375. The topological polar surface area (TPSA) is 115 Å². The molecule has 0 aromatic heterocycles. The maximum Gasteiger partial charge on any atom is 0.244 e. The number of carbonyl (C=O) groups is 2. The maximum atomic E-state index is 12.5. The molecule has 2 amide bonds. The van der Waals surface area contributed by atoms with Crippen LogP contribution in [0.2, 0.25) is 0 Å². The van der Waals surface area contributed by atoms with Gasteiger partial charge in [-0.2, -0.15) is 0 Å². The molecule has 0 fully saturated rings. The van der Waals surface area contributed by atoms with E-state index in [4.69, 9.17) is 15.2 Å². The van der Waals surface area contributed by atoms with Crippen molar-refractivity contribution in [3.05, 3.63) is 23.8 Å². The number of nitrogens with two attached hydrogens (primary N) is 1. The van der Waals surface area contributed by atoms with Crippen LogP contribution in [0.3, 0.4) is 0 Å². The summed E-state index contributed by atoms with van der Waals surface area (Å²) in [6.07, 6.45) is 1.58. The number of hydrogen-bond acceptors (Lipinski definition) is 5. The SMILES string of the molecule is CCC(C)C[C@@H](N=C(N)NC(=O)Cc1ccc(OC)c(OC)c1)C(=O)NCC(C)C. The second-order valence-electron chi connectivity index (χ2n) is 7.83. The molecule has 0 saturated carbocycles. The Bertz CT molecular complexity index is 734. The van der Waals surface area contributed by atoms with Gasteiger partial charge < -0.3 is 20.5 Å². The number of methoxy groups -OCH3 is 2. The van der Waals surface area contributed by atoms with Crippen LogP contribution in [-0.4, -0.2) is 44.6 Å². The number of guanidine groups is 1. The van der Waals surface area contributed by atoms with E-state index < -0.39 is 6.04 Å². The molecule has 0 saturated heterocycles. The second-order valence-corrected chi connectivity index (χ2v) is 7.83. The normalized spacial score (nSPS) is 13.5. The lowest BCUT2D eigenvalue weighted by Gasteiger charge is -2.18. The van der Waals surface area contributed by atoms with Gasteiger partial charge in [-0.05, 0) is 36.0 Å². The van der Waals surface area contributed by atoms with E-state index in [0.717, 1.165) is 12.0 Å². The first kappa shape index (κ1) is 25.3. The summed E-state index contributed by atoms with van der Waals surface area (Å²) in [4.78, 5) is 29.2. The fourth-order valence-electron chi connectivity index (χ4n) is 2.75. The van der Waals surface area contributed by atoms with E-state index in [0.29, 0.717) is 36.3 Å². The number of aliphatic imine (C=N–C) groups is 1. The van der Waals surface area contributed by atoms with Crippen molar-refractivity contribution in [2.24, 2.45) is 22.6 Å². The molecule has 0 bridgehead atoms. The van der Waals surface area contributed by atoms with Crippen molar-refractivity contribution in [1.29, 1.82) is 0 Å². The zero-order valence-electron chi connectivity index (χ0n) is 19.0. The zero-order valence-corrected chi connectivity index (χ0v) is 19.0. The highest BCUT2D eigenvalue weighted by Gasteiger charge is 2.21. The third-order valence-electron chi connectivity index (χ3n) is 4.68. The van der Waals surface area contributed by atoms with Crippen molar-refractivity contribution >= 4 is 17.8 Å². The molecule has 1 unspecified atom stereocenters. The Hall–Kier alpha value is -2.77. The number of ether oxygens (including phenoxy) is 2. The number of benzene rings is 1. The first-order chi connectivity index (χ1) is 14.2. The van der Waals surface area contributed by atoms with Gasteiger partial charge in [0.2, 0.25) is 11.8 Å². The lowest BCUT2D eigenvalue weighted by molar-refractivity contribution is -0.123. The summed E-state index contributed by atoms with van der Waals surface area (Å²) in [5.41, 5.74) is 6.67. The van der Waals surface area contributed by atoms with Crippen molar-refractivity contribution in [3.8, 4) is 11.5 Å². The molecule has 1 rings (SSSR count). The molecule has 4 N–H and O–H groups in total. The van der Waals surface area contributed by atoms with Gasteiger partial charge in [0, 0.05) is 6.54 Å². The molecule has 8 heteroatoms. The van der Waals surface area contributed by atoms with Gasteiger partial charge in [0.15, 0.2) is 17.5 Å². The van der Waals surface area contributed by atoms with Crippen LogP contribution < -0.4 is 25.8 Å². The predicted molar refractivity (Wildman–Crippen MR) is 119 cm³/mol. The van der Waals surface area contributed by atoms with Crippen LogP contribution in [0.1, 0.15) is 46.1 Å². The molecule has 2 atom stereocenters. The molecular weight excluding hydrogens is 384 g/mol. The lowest BCUT2D eigenvalue weighted by atomic mass is 9.99. The first-order valence-electron chi connectivity index (χ1n) is 10.3. The van der Waals surface area contributed by atoms with Crippen LogP contribution in [0.5, 0.6) is 11.5 Å². The van der Waals surface area contributed by atoms with Crippen molar-refractivity contribution < 1.29 is 19.1 Å². The van der Waals surface area contributed by atoms with E-state index in [-0.39, 0.29) is 24.2 Å². The highest BCUT2D eigenvalue weighted by Crippen LogP contribution is 2.27. The van der Waals surface area contributed by atoms with Gasteiger partial charge in [-0.25, -0.2) is 4.99 Å². The number of nitrogens with zero attached hydrogens (tertiary/aromatic N) is 1. The van der Waals surface area contributed by atoms with Gasteiger partial charge >= 0.3 is 0 Å². The number of nitrogens with one attached hydrogen (secondary N) is 2. The van der Waals surface area contributed by atoms with Crippen LogP contribution in [0.4, 0.5) is 0 Å². The molecule has 168 valence electrons. The van der Waals surface area contributed by atoms with Crippen LogP contribution in [0.25, 0.3) is 0 Å². The Morgan fingerprint density at radius 2 is 1.80 bits per heavy atom. The van der Waals surface area contributed by atoms with Crippen molar-refractivity contribution in [2.45, 2.75) is 53.0 Å². The van der Waals surface area contributed by atoms with E-state index in [9.17, 15) is 9.59 Å². The third-order valence-corrected chi connectivity index (χ3v) is 4.68. The summed E-state index contributed by atoms with van der Waals surface area (Å²) in [5.74, 6) is 1.20. The standard InChI is InChI=1S/C22H36N4O4/c1-7-15(4)10-17(21(28)24-13-14(2)3)25-22(23)26-20(27)12-16-8-9-18(29-5)19(11-16)30-6/h8-9,11,14-15,17H,7,10,12-13H2,1-6H3,(H,24,28)(H3,23,25,26,27)/t15?,17-/m1/s1. The Labute approximate surface area is 179 Å². The molecule has 1 aromatic carbocycles. The predicted octanol–water partition coefficient (Wildman–Crippen LogP) is 2.25. The van der Waals surface area contributed by atoms with Gasteiger partial charge in [0.05, 0.1) is 20.6 Å². The molecule has 0 radical (unpaired) electrons. The first-order valence-corrected chi connectivity index (χ1v) is 10.3. The van der Waals surface area contributed by atoms with Crippen molar-refractivity contribution in [1.82, 2.24) is 10.6 Å². The number of carbonyl (C=O) groups excluding carboxylic acids is 2. The number of hydrogen-bond donors (Lipinski definition) is 3. The Morgan fingerprint density at radius 3 is 2.37 bits per heavy atom. The maximum absolute atomic E-state index is 12.5. The summed E-state index contributed by atoms with van der Waals surface area (Å²) in [6.45, 7) is 8.73. The van der Waals surface area contributed by atoms with Gasteiger partial charge in [-0.15, -0.1) is 0 Å². The zero-order chi connectivity index (χ0) is 22.7. The molecule has 0 aliphatic carbocycles. The van der Waals surface area contributed by atoms with Gasteiger partial charge in [-0.1, -0.05) is 40.2 Å². The van der Waals surface area contributed by atoms with Crippen LogP contribution in [-0.2, 0) is 16.0 Å². The summed E-state index contributed by atoms with van der Waals surface area (Å²) >= 11 is 0. The van der Waals surface area contributed by atoms with E-state index in [1.165, 1.54) is 7.11 Å². The molecule has 0 aliphatic rings. The third kappa shape index (κ3) is 8.71. The summed E-state index contributed by atoms with van der Waals surface area (Å²) in [6, 6.07) is 4.61. The van der Waals surface area contributed by atoms with Crippen molar-refractivity contribution in [2.75, 3.05) is 20.8 Å². The van der Waals surface area contributed by atoms with E-state index >= 15 is 0 Å². The summed E-state index contributed by atoms with van der Waals surface area (Å²) < 4.78 is 10.5. The van der Waals surface area contributed by atoms with E-state index in [1.807, 2.05) is 13.8 Å². The highest BCUT2D eigenvalue weighted by atomic mass is 16.5. The lowest BCUT2D eigenvalue weighted by Crippen LogP contribution is -2.42. The molecule has 8 nitrogen and oxygen atoms in total. The van der Waals surface area contributed by atoms with Gasteiger partial charge in [0.1, 0.15) is 6.04 Å². The molecular formula is C22H36N4O4. The minimum absolute atomic E-state index is 0.0616. The minimum atomic E-state index is -0.639. The Balaban J connectivity index is 2.82. The van der Waals surface area contributed by atoms with E-state index in [2.05, 4.69) is 29.5 Å². The van der Waals surface area contributed by atoms with Gasteiger partial charge in [-0.3, -0.25) is 14.9 Å². The van der Waals surface area contributed by atoms with Crippen LogP contribution >= 0.6 is 0 Å². The molecule has 1 aromatic rings. The highest BCUT2D eigenvalue weighted by molar-refractivity contribution is 5.98. The fraction of sp³-hybridized carbons (Fsp3) is 0.591. The largest absolute Gasteiger partial charge is 0.493 e. The molecule has 0 heterocycles. The fourth-order valence-corrected chi connectivity index (χ4v) is 2.75. The van der Waals surface area contributed by atoms with Crippen LogP contribution in [0.15, 0.2) is 23.2 Å². The molecule has 0 spiro atoms. The average molecular weight is 421 g/mol. The van der Waals surface area contributed by atoms with Crippen molar-refractivity contribution in [3.63, 3.8) is 0 Å². The molecule has 30 heavy (non-hydrogen) atoms. The van der Waals surface area contributed by atoms with Gasteiger partial charge in [0.25, 0.3) is 0 Å².